The highest BCUT2D eigenvalue weighted by atomic mass is 32.1. The van der Waals surface area contributed by atoms with Crippen LogP contribution in [-0.2, 0) is 16.0 Å². The highest BCUT2D eigenvalue weighted by molar-refractivity contribution is 7.14. The van der Waals surface area contributed by atoms with Gasteiger partial charge in [0.05, 0.1) is 11.4 Å². The largest absolute Gasteiger partial charge is 0.443 e. The Bertz CT molecular complexity index is 598. The number of ether oxygens (including phenoxy) is 2. The first-order chi connectivity index (χ1) is 10.8. The summed E-state index contributed by atoms with van der Waals surface area (Å²) in [6.45, 7) is 10.3. The Kier molecular flexibility index (Phi) is 5.99. The summed E-state index contributed by atoms with van der Waals surface area (Å²) in [4.78, 5) is 26.9. The van der Waals surface area contributed by atoms with E-state index in [2.05, 4.69) is 0 Å². The van der Waals surface area contributed by atoms with Crippen molar-refractivity contribution < 1.29 is 19.1 Å². The summed E-state index contributed by atoms with van der Waals surface area (Å²) < 4.78 is 10.6. The van der Waals surface area contributed by atoms with E-state index in [4.69, 9.17) is 20.6 Å². The van der Waals surface area contributed by atoms with E-state index >= 15 is 0 Å². The molecule has 0 saturated carbocycles. The van der Waals surface area contributed by atoms with Gasteiger partial charge in [-0.15, -0.1) is 11.3 Å². The lowest BCUT2D eigenvalue weighted by molar-refractivity contribution is -0.0000497. The molecule has 0 radical (unpaired) electrons. The molecular formula is C16H25N3O4S. The molecule has 0 aliphatic rings. The molecule has 3 N–H and O–H groups in total. The quantitative estimate of drug-likeness (QED) is 0.635. The molecule has 0 aliphatic carbocycles. The van der Waals surface area contributed by atoms with Crippen molar-refractivity contribution >= 4 is 29.4 Å². The van der Waals surface area contributed by atoms with E-state index in [0.29, 0.717) is 9.75 Å². The third-order valence-corrected chi connectivity index (χ3v) is 3.57. The minimum absolute atomic E-state index is 0.0121. The van der Waals surface area contributed by atoms with Gasteiger partial charge in [-0.3, -0.25) is 5.41 Å². The summed E-state index contributed by atoms with van der Waals surface area (Å²) in [5.41, 5.74) is 3.96. The van der Waals surface area contributed by atoms with Crippen molar-refractivity contribution in [3.63, 3.8) is 0 Å². The van der Waals surface area contributed by atoms with Gasteiger partial charge in [-0.2, -0.15) is 0 Å². The van der Waals surface area contributed by atoms with Gasteiger partial charge in [-0.05, 0) is 53.7 Å². The maximum atomic E-state index is 12.4. The number of nitrogens with zero attached hydrogens (tertiary/aromatic N) is 1. The predicted molar refractivity (Wildman–Crippen MR) is 93.3 cm³/mol. The van der Waals surface area contributed by atoms with E-state index in [0.717, 1.165) is 4.90 Å². The van der Waals surface area contributed by atoms with Gasteiger partial charge in [-0.25, -0.2) is 14.5 Å². The summed E-state index contributed by atoms with van der Waals surface area (Å²) in [5.74, 6) is -0.0627. The maximum Gasteiger partial charge on any atom is 0.420 e. The first-order valence-electron chi connectivity index (χ1n) is 7.45. The number of hydrogen-bond acceptors (Lipinski definition) is 6. The number of nitrogen functional groups attached to an aromatic ring is 1. The van der Waals surface area contributed by atoms with E-state index in [-0.39, 0.29) is 12.4 Å². The average molecular weight is 355 g/mol. The van der Waals surface area contributed by atoms with Crippen LogP contribution in [-0.4, -0.2) is 34.1 Å². The van der Waals surface area contributed by atoms with Crippen LogP contribution in [0.1, 0.15) is 51.3 Å². The number of rotatable bonds is 3. The van der Waals surface area contributed by atoms with Crippen molar-refractivity contribution in [2.24, 2.45) is 5.73 Å². The highest BCUT2D eigenvalue weighted by Gasteiger charge is 2.31. The van der Waals surface area contributed by atoms with Crippen molar-refractivity contribution in [3.05, 3.63) is 21.9 Å². The maximum absolute atomic E-state index is 12.4. The molecule has 2 amide bonds. The first-order valence-corrected chi connectivity index (χ1v) is 8.27. The van der Waals surface area contributed by atoms with Crippen LogP contribution < -0.4 is 5.73 Å². The van der Waals surface area contributed by atoms with Gasteiger partial charge in [0, 0.05) is 4.88 Å². The van der Waals surface area contributed by atoms with E-state index in [1.807, 2.05) is 0 Å². The molecule has 134 valence electrons. The number of thiophene rings is 1. The molecule has 1 aromatic heterocycles. The number of nitrogens with two attached hydrogens (primary N) is 1. The number of carbonyl (C=O) groups is 2. The standard InChI is InChI=1S/C16H25N3O4S/c1-15(2,3)22-13(20)19(14(21)23-16(4,5)6)9-10-7-8-11(24-10)12(17)18/h7-8H,9H2,1-6H3,(H3,17,18). The molecule has 0 bridgehead atoms. The second-order valence-electron chi connectivity index (χ2n) is 7.23. The van der Waals surface area contributed by atoms with Crippen LogP contribution in [0.5, 0.6) is 0 Å². The van der Waals surface area contributed by atoms with Crippen LogP contribution in [0.25, 0.3) is 0 Å². The number of hydrogen-bond donors (Lipinski definition) is 2. The van der Waals surface area contributed by atoms with E-state index in [1.165, 1.54) is 11.3 Å². The molecule has 0 unspecified atom stereocenters. The molecular weight excluding hydrogens is 330 g/mol. The zero-order valence-corrected chi connectivity index (χ0v) is 15.7. The predicted octanol–water partition coefficient (Wildman–Crippen LogP) is 3.70. The van der Waals surface area contributed by atoms with E-state index < -0.39 is 23.4 Å². The van der Waals surface area contributed by atoms with Gasteiger partial charge >= 0.3 is 12.2 Å². The molecule has 1 aromatic rings. The van der Waals surface area contributed by atoms with Crippen molar-refractivity contribution in [2.75, 3.05) is 0 Å². The molecule has 1 heterocycles. The Hall–Kier alpha value is -2.09. The Balaban J connectivity index is 3.01. The Morgan fingerprint density at radius 2 is 1.54 bits per heavy atom. The smallest absolute Gasteiger partial charge is 0.420 e. The second-order valence-corrected chi connectivity index (χ2v) is 8.39. The first kappa shape index (κ1) is 20.0. The van der Waals surface area contributed by atoms with Crippen molar-refractivity contribution in [3.8, 4) is 0 Å². The van der Waals surface area contributed by atoms with Crippen LogP contribution >= 0.6 is 11.3 Å². The summed E-state index contributed by atoms with van der Waals surface area (Å²) in [5, 5.41) is 7.43. The molecule has 0 saturated heterocycles. The molecule has 0 atom stereocenters. The van der Waals surface area contributed by atoms with Gasteiger partial charge in [0.25, 0.3) is 0 Å². The lowest BCUT2D eigenvalue weighted by Crippen LogP contribution is -2.43. The van der Waals surface area contributed by atoms with Gasteiger partial charge in [0.1, 0.15) is 17.0 Å². The number of carbonyl (C=O) groups excluding carboxylic acids is 2. The zero-order valence-electron chi connectivity index (χ0n) is 14.9. The molecule has 1 rings (SSSR count). The van der Waals surface area contributed by atoms with E-state index in [1.54, 1.807) is 53.7 Å². The normalized spacial score (nSPS) is 11.8. The third kappa shape index (κ3) is 6.57. The molecule has 0 fully saturated rings. The fraction of sp³-hybridized carbons (Fsp3) is 0.562. The van der Waals surface area contributed by atoms with Crippen molar-refractivity contribution in [1.29, 1.82) is 5.41 Å². The highest BCUT2D eigenvalue weighted by Crippen LogP contribution is 2.21. The molecule has 24 heavy (non-hydrogen) atoms. The Morgan fingerprint density at radius 1 is 1.08 bits per heavy atom. The van der Waals surface area contributed by atoms with Crippen LogP contribution in [0.15, 0.2) is 12.1 Å². The van der Waals surface area contributed by atoms with E-state index in [9.17, 15) is 9.59 Å². The summed E-state index contributed by atoms with van der Waals surface area (Å²) in [7, 11) is 0. The molecule has 0 spiro atoms. The van der Waals surface area contributed by atoms with Gasteiger partial charge in [-0.1, -0.05) is 0 Å². The molecule has 7 nitrogen and oxygen atoms in total. The number of imide groups is 1. The monoisotopic (exact) mass is 355 g/mol. The SMILES string of the molecule is CC(C)(C)OC(=O)N(Cc1ccc(C(=N)N)s1)C(=O)OC(C)(C)C. The number of amidine groups is 1. The van der Waals surface area contributed by atoms with Crippen LogP contribution in [0, 0.1) is 5.41 Å². The summed E-state index contributed by atoms with van der Waals surface area (Å²) in [6.07, 6.45) is -1.57. The van der Waals surface area contributed by atoms with Crippen LogP contribution in [0.3, 0.4) is 0 Å². The Morgan fingerprint density at radius 3 is 1.88 bits per heavy atom. The summed E-state index contributed by atoms with van der Waals surface area (Å²) >= 11 is 1.23. The number of amides is 2. The minimum Gasteiger partial charge on any atom is -0.443 e. The molecule has 8 heteroatoms. The Labute approximate surface area is 146 Å². The lowest BCUT2D eigenvalue weighted by atomic mass is 10.2. The van der Waals surface area contributed by atoms with Gasteiger partial charge in [0.15, 0.2) is 0 Å². The van der Waals surface area contributed by atoms with Crippen LogP contribution in [0.2, 0.25) is 0 Å². The minimum atomic E-state index is -0.783. The van der Waals surface area contributed by atoms with Crippen LogP contribution in [0.4, 0.5) is 9.59 Å². The number of nitrogens with one attached hydrogen (secondary N) is 1. The molecule has 0 aromatic carbocycles. The van der Waals surface area contributed by atoms with Crippen molar-refractivity contribution in [2.45, 2.75) is 59.3 Å². The fourth-order valence-corrected chi connectivity index (χ4v) is 2.46. The third-order valence-electron chi connectivity index (χ3n) is 2.47. The van der Waals surface area contributed by atoms with Gasteiger partial charge in [0.2, 0.25) is 0 Å². The topological polar surface area (TPSA) is 106 Å². The van der Waals surface area contributed by atoms with Gasteiger partial charge < -0.3 is 15.2 Å². The van der Waals surface area contributed by atoms with Crippen molar-refractivity contribution in [1.82, 2.24) is 4.90 Å². The zero-order chi connectivity index (χ0) is 18.7. The molecule has 0 aliphatic heterocycles. The average Bonchev–Trinajstić information content (AvgIpc) is 2.79. The summed E-state index contributed by atoms with van der Waals surface area (Å²) in [6, 6.07) is 3.38. The fourth-order valence-electron chi connectivity index (χ4n) is 1.60. The lowest BCUT2D eigenvalue weighted by Gasteiger charge is -2.28. The second kappa shape index (κ2) is 7.21.